The molecule has 2 aromatic carbocycles. The second kappa shape index (κ2) is 6.64. The van der Waals surface area contributed by atoms with Crippen molar-refractivity contribution in [3.8, 4) is 5.75 Å². The van der Waals surface area contributed by atoms with E-state index in [0.717, 1.165) is 10.9 Å². The molecule has 0 aliphatic carbocycles. The van der Waals surface area contributed by atoms with Gasteiger partial charge in [-0.3, -0.25) is 14.9 Å². The quantitative estimate of drug-likeness (QED) is 0.394. The van der Waals surface area contributed by atoms with Crippen LogP contribution in [-0.2, 0) is 6.61 Å². The minimum Gasteiger partial charge on any atom is -0.487 e. The summed E-state index contributed by atoms with van der Waals surface area (Å²) >= 11 is 5.96. The lowest BCUT2D eigenvalue weighted by Gasteiger charge is -2.08. The van der Waals surface area contributed by atoms with E-state index in [2.05, 4.69) is 4.98 Å². The fraction of sp³-hybridized carbons (Fsp3) is 0.0588. The zero-order valence-corrected chi connectivity index (χ0v) is 13.1. The largest absolute Gasteiger partial charge is 0.487 e. The van der Waals surface area contributed by atoms with Gasteiger partial charge in [-0.05, 0) is 24.3 Å². The van der Waals surface area contributed by atoms with Crippen LogP contribution in [0.2, 0.25) is 5.02 Å². The van der Waals surface area contributed by atoms with Crippen LogP contribution in [0.15, 0.2) is 48.5 Å². The first-order valence-electron chi connectivity index (χ1n) is 6.98. The number of nitrogens with zero attached hydrogens (tertiary/aromatic N) is 2. The molecule has 3 aromatic rings. The average molecular weight is 343 g/mol. The van der Waals surface area contributed by atoms with E-state index in [9.17, 15) is 14.9 Å². The molecule has 0 spiro atoms. The zero-order chi connectivity index (χ0) is 17.1. The van der Waals surface area contributed by atoms with Crippen molar-refractivity contribution in [1.82, 2.24) is 4.98 Å². The summed E-state index contributed by atoms with van der Waals surface area (Å²) < 4.78 is 5.58. The van der Waals surface area contributed by atoms with Crippen LogP contribution in [0, 0.1) is 10.1 Å². The molecular weight excluding hydrogens is 332 g/mol. The van der Waals surface area contributed by atoms with Crippen molar-refractivity contribution in [2.45, 2.75) is 6.61 Å². The third kappa shape index (κ3) is 3.33. The minimum atomic E-state index is -0.564. The Balaban J connectivity index is 1.82. The number of aldehydes is 1. The molecule has 0 aliphatic rings. The van der Waals surface area contributed by atoms with Gasteiger partial charge in [0.1, 0.15) is 12.4 Å². The van der Waals surface area contributed by atoms with E-state index in [4.69, 9.17) is 16.3 Å². The predicted molar refractivity (Wildman–Crippen MR) is 89.6 cm³/mol. The molecule has 0 aliphatic heterocycles. The van der Waals surface area contributed by atoms with Crippen molar-refractivity contribution in [1.29, 1.82) is 0 Å². The highest BCUT2D eigenvalue weighted by atomic mass is 35.5. The summed E-state index contributed by atoms with van der Waals surface area (Å²) in [6.07, 6.45) is 0.524. The molecule has 0 unspecified atom stereocenters. The molecular formula is C17H11ClN2O4. The molecule has 120 valence electrons. The van der Waals surface area contributed by atoms with Gasteiger partial charge in [0.05, 0.1) is 21.7 Å². The van der Waals surface area contributed by atoms with E-state index in [1.807, 2.05) is 18.2 Å². The van der Waals surface area contributed by atoms with Gasteiger partial charge >= 0.3 is 0 Å². The molecule has 0 saturated carbocycles. The van der Waals surface area contributed by atoms with E-state index in [0.29, 0.717) is 17.0 Å². The van der Waals surface area contributed by atoms with E-state index in [-0.39, 0.29) is 23.6 Å². The molecule has 0 N–H and O–H groups in total. The number of ether oxygens (including phenoxy) is 1. The van der Waals surface area contributed by atoms with Gasteiger partial charge < -0.3 is 4.74 Å². The number of fused-ring (bicyclic) bond motifs is 1. The Bertz CT molecular complexity index is 943. The standard InChI is InChI=1S/C17H11ClN2O4/c18-13-3-1-11-2-4-14(19-16(11)8-13)10-24-17-6-5-15(20(22)23)7-12(17)9-21/h1-9H,10H2. The first-order valence-corrected chi connectivity index (χ1v) is 7.36. The SMILES string of the molecule is O=Cc1cc([N+](=O)[O-])ccc1OCc1ccc2ccc(Cl)cc2n1. The zero-order valence-electron chi connectivity index (χ0n) is 12.3. The van der Waals surface area contributed by atoms with Gasteiger partial charge in [-0.15, -0.1) is 0 Å². The maximum absolute atomic E-state index is 11.1. The third-order valence-electron chi connectivity index (χ3n) is 3.42. The summed E-state index contributed by atoms with van der Waals surface area (Å²) in [6.45, 7) is 0.126. The van der Waals surface area contributed by atoms with Crippen LogP contribution in [0.5, 0.6) is 5.75 Å². The number of rotatable bonds is 5. The van der Waals surface area contributed by atoms with Crippen LogP contribution in [-0.4, -0.2) is 16.2 Å². The average Bonchev–Trinajstić information content (AvgIpc) is 2.59. The Labute approximate surface area is 141 Å². The molecule has 0 amide bonds. The Morgan fingerprint density at radius 3 is 2.71 bits per heavy atom. The Morgan fingerprint density at radius 1 is 1.17 bits per heavy atom. The lowest BCUT2D eigenvalue weighted by molar-refractivity contribution is -0.384. The molecule has 0 fully saturated rings. The molecule has 6 nitrogen and oxygen atoms in total. The van der Waals surface area contributed by atoms with Crippen molar-refractivity contribution in [2.75, 3.05) is 0 Å². The maximum Gasteiger partial charge on any atom is 0.270 e. The van der Waals surface area contributed by atoms with Crippen molar-refractivity contribution in [2.24, 2.45) is 0 Å². The highest BCUT2D eigenvalue weighted by molar-refractivity contribution is 6.31. The normalized spacial score (nSPS) is 10.5. The second-order valence-corrected chi connectivity index (χ2v) is 5.46. The summed E-state index contributed by atoms with van der Waals surface area (Å²) in [7, 11) is 0. The summed E-state index contributed by atoms with van der Waals surface area (Å²) in [5.41, 5.74) is 1.35. The number of nitro benzene ring substituents is 1. The van der Waals surface area contributed by atoms with E-state index < -0.39 is 4.92 Å². The molecule has 7 heteroatoms. The Hall–Kier alpha value is -2.99. The topological polar surface area (TPSA) is 82.3 Å². The Morgan fingerprint density at radius 2 is 1.96 bits per heavy atom. The van der Waals surface area contributed by atoms with E-state index in [1.54, 1.807) is 12.1 Å². The number of halogens is 1. The highest BCUT2D eigenvalue weighted by Crippen LogP contribution is 2.24. The van der Waals surface area contributed by atoms with Gasteiger partial charge in [0.2, 0.25) is 0 Å². The summed E-state index contributed by atoms with van der Waals surface area (Å²) in [4.78, 5) is 25.7. The number of pyridine rings is 1. The second-order valence-electron chi connectivity index (χ2n) is 5.03. The molecule has 1 heterocycles. The van der Waals surface area contributed by atoms with Gasteiger partial charge in [-0.2, -0.15) is 0 Å². The fourth-order valence-corrected chi connectivity index (χ4v) is 2.40. The first kappa shape index (κ1) is 15.9. The van der Waals surface area contributed by atoms with Crippen LogP contribution in [0.1, 0.15) is 16.1 Å². The molecule has 0 radical (unpaired) electrons. The number of carbonyl (C=O) groups excluding carboxylic acids is 1. The van der Waals surface area contributed by atoms with Crippen molar-refractivity contribution < 1.29 is 14.5 Å². The number of hydrogen-bond donors (Lipinski definition) is 0. The number of benzene rings is 2. The molecule has 0 bridgehead atoms. The minimum absolute atomic E-state index is 0.119. The Kier molecular flexibility index (Phi) is 4.39. The van der Waals surface area contributed by atoms with Crippen LogP contribution in [0.25, 0.3) is 10.9 Å². The van der Waals surface area contributed by atoms with Gasteiger partial charge in [-0.25, -0.2) is 4.98 Å². The van der Waals surface area contributed by atoms with Crippen LogP contribution < -0.4 is 4.74 Å². The summed E-state index contributed by atoms with van der Waals surface area (Å²) in [6, 6.07) is 13.0. The molecule has 24 heavy (non-hydrogen) atoms. The lowest BCUT2D eigenvalue weighted by atomic mass is 10.2. The number of aromatic nitrogens is 1. The first-order chi connectivity index (χ1) is 11.6. The summed E-state index contributed by atoms with van der Waals surface area (Å²) in [5, 5.41) is 12.3. The van der Waals surface area contributed by atoms with Gasteiger partial charge in [0, 0.05) is 22.5 Å². The smallest absolute Gasteiger partial charge is 0.270 e. The van der Waals surface area contributed by atoms with Crippen molar-refractivity contribution >= 4 is 34.5 Å². The monoisotopic (exact) mass is 342 g/mol. The van der Waals surface area contributed by atoms with Gasteiger partial charge in [0.15, 0.2) is 6.29 Å². The molecule has 1 aromatic heterocycles. The molecule has 0 atom stereocenters. The predicted octanol–water partition coefficient (Wildman–Crippen LogP) is 4.19. The maximum atomic E-state index is 11.1. The molecule has 0 saturated heterocycles. The number of non-ortho nitro benzene ring substituents is 1. The summed E-state index contributed by atoms with van der Waals surface area (Å²) in [5.74, 6) is 0.267. The lowest BCUT2D eigenvalue weighted by Crippen LogP contribution is -2.01. The fourth-order valence-electron chi connectivity index (χ4n) is 2.24. The van der Waals surface area contributed by atoms with Gasteiger partial charge in [-0.1, -0.05) is 23.7 Å². The molecule has 3 rings (SSSR count). The van der Waals surface area contributed by atoms with Crippen molar-refractivity contribution in [3.63, 3.8) is 0 Å². The number of carbonyl (C=O) groups is 1. The van der Waals surface area contributed by atoms with Crippen LogP contribution in [0.4, 0.5) is 5.69 Å². The van der Waals surface area contributed by atoms with Gasteiger partial charge in [0.25, 0.3) is 5.69 Å². The van der Waals surface area contributed by atoms with E-state index >= 15 is 0 Å². The third-order valence-corrected chi connectivity index (χ3v) is 3.65. The number of hydrogen-bond acceptors (Lipinski definition) is 5. The highest BCUT2D eigenvalue weighted by Gasteiger charge is 2.11. The van der Waals surface area contributed by atoms with Crippen molar-refractivity contribution in [3.05, 3.63) is 74.9 Å². The van der Waals surface area contributed by atoms with Crippen LogP contribution >= 0.6 is 11.6 Å². The number of nitro groups is 1. The van der Waals surface area contributed by atoms with Crippen LogP contribution in [0.3, 0.4) is 0 Å². The van der Waals surface area contributed by atoms with E-state index in [1.165, 1.54) is 18.2 Å².